The van der Waals surface area contributed by atoms with Crippen LogP contribution in [0.15, 0.2) is 53.4 Å². The molecule has 0 aliphatic carbocycles. The standard InChI is InChI=1S/C15H16OS/c1-17-15-9-5-3-7-13(15)11-10-12-6-2-4-8-14(12)16/h2-9,16H,10-11H2,1H3. The van der Waals surface area contributed by atoms with Crippen molar-refractivity contribution in [2.45, 2.75) is 17.7 Å². The summed E-state index contributed by atoms with van der Waals surface area (Å²) in [6, 6.07) is 16.0. The van der Waals surface area contributed by atoms with E-state index in [1.807, 2.05) is 18.2 Å². The van der Waals surface area contributed by atoms with Gasteiger partial charge in [0.15, 0.2) is 0 Å². The molecule has 0 saturated heterocycles. The molecule has 2 aromatic rings. The summed E-state index contributed by atoms with van der Waals surface area (Å²) in [4.78, 5) is 1.32. The largest absolute Gasteiger partial charge is 0.508 e. The summed E-state index contributed by atoms with van der Waals surface area (Å²) in [5.74, 6) is 0.397. The van der Waals surface area contributed by atoms with Crippen LogP contribution in [0.2, 0.25) is 0 Å². The second-order valence-electron chi connectivity index (χ2n) is 3.94. The van der Waals surface area contributed by atoms with E-state index >= 15 is 0 Å². The number of thioether (sulfide) groups is 1. The molecule has 0 spiro atoms. The molecule has 2 heteroatoms. The summed E-state index contributed by atoms with van der Waals surface area (Å²) < 4.78 is 0. The van der Waals surface area contributed by atoms with Gasteiger partial charge in [0.1, 0.15) is 5.75 Å². The minimum atomic E-state index is 0.397. The Balaban J connectivity index is 2.10. The number of para-hydroxylation sites is 1. The third kappa shape index (κ3) is 3.04. The molecule has 2 rings (SSSR count). The summed E-state index contributed by atoms with van der Waals surface area (Å²) >= 11 is 1.77. The monoisotopic (exact) mass is 244 g/mol. The van der Waals surface area contributed by atoms with Gasteiger partial charge in [-0.2, -0.15) is 0 Å². The maximum absolute atomic E-state index is 9.71. The maximum Gasteiger partial charge on any atom is 0.118 e. The van der Waals surface area contributed by atoms with Crippen molar-refractivity contribution in [2.75, 3.05) is 6.26 Å². The Bertz CT molecular complexity index is 494. The highest BCUT2D eigenvalue weighted by Gasteiger charge is 2.03. The van der Waals surface area contributed by atoms with E-state index in [9.17, 15) is 5.11 Å². The zero-order valence-electron chi connectivity index (χ0n) is 9.89. The highest BCUT2D eigenvalue weighted by Crippen LogP contribution is 2.23. The quantitative estimate of drug-likeness (QED) is 0.823. The Morgan fingerprint density at radius 1 is 0.882 bits per heavy atom. The summed E-state index contributed by atoms with van der Waals surface area (Å²) in [7, 11) is 0. The van der Waals surface area contributed by atoms with Crippen LogP contribution in [0.5, 0.6) is 5.75 Å². The molecule has 1 nitrogen and oxygen atoms in total. The molecule has 1 N–H and O–H groups in total. The van der Waals surface area contributed by atoms with Crippen molar-refractivity contribution in [3.8, 4) is 5.75 Å². The van der Waals surface area contributed by atoms with E-state index in [1.54, 1.807) is 17.8 Å². The predicted octanol–water partition coefficient (Wildman–Crippen LogP) is 3.90. The van der Waals surface area contributed by atoms with Crippen molar-refractivity contribution in [1.29, 1.82) is 0 Å². The van der Waals surface area contributed by atoms with Gasteiger partial charge in [0.25, 0.3) is 0 Å². The molecule has 0 unspecified atom stereocenters. The van der Waals surface area contributed by atoms with Gasteiger partial charge in [-0.1, -0.05) is 36.4 Å². The van der Waals surface area contributed by atoms with E-state index in [0.29, 0.717) is 5.75 Å². The third-order valence-corrected chi connectivity index (χ3v) is 3.69. The number of hydrogen-bond acceptors (Lipinski definition) is 2. The first-order valence-corrected chi connectivity index (χ1v) is 6.92. The Kier molecular flexibility index (Phi) is 4.10. The average molecular weight is 244 g/mol. The first-order chi connectivity index (χ1) is 8.31. The van der Waals surface area contributed by atoms with Gasteiger partial charge in [-0.25, -0.2) is 0 Å². The average Bonchev–Trinajstić information content (AvgIpc) is 2.38. The second kappa shape index (κ2) is 5.78. The summed E-state index contributed by atoms with van der Waals surface area (Å²) in [6.45, 7) is 0. The van der Waals surface area contributed by atoms with Gasteiger partial charge in [-0.3, -0.25) is 0 Å². The molecule has 0 bridgehead atoms. The highest BCUT2D eigenvalue weighted by atomic mass is 32.2. The number of hydrogen-bond donors (Lipinski definition) is 1. The topological polar surface area (TPSA) is 20.2 Å². The predicted molar refractivity (Wildman–Crippen MR) is 73.7 cm³/mol. The molecule has 0 aromatic heterocycles. The van der Waals surface area contributed by atoms with Gasteiger partial charge in [0, 0.05) is 4.90 Å². The smallest absolute Gasteiger partial charge is 0.118 e. The van der Waals surface area contributed by atoms with Crippen LogP contribution in [0.4, 0.5) is 0 Å². The molecule has 0 atom stereocenters. The first-order valence-electron chi connectivity index (χ1n) is 5.70. The van der Waals surface area contributed by atoms with Crippen LogP contribution in [0.3, 0.4) is 0 Å². The fourth-order valence-corrected chi connectivity index (χ4v) is 2.55. The van der Waals surface area contributed by atoms with Crippen molar-refractivity contribution in [3.63, 3.8) is 0 Å². The van der Waals surface area contributed by atoms with Crippen molar-refractivity contribution < 1.29 is 5.11 Å². The number of aryl methyl sites for hydroxylation is 2. The first kappa shape index (κ1) is 12.1. The van der Waals surface area contributed by atoms with E-state index in [4.69, 9.17) is 0 Å². The molecule has 0 radical (unpaired) electrons. The molecule has 0 fully saturated rings. The minimum Gasteiger partial charge on any atom is -0.508 e. The molecular formula is C15H16OS. The van der Waals surface area contributed by atoms with Crippen LogP contribution in [-0.4, -0.2) is 11.4 Å². The Hall–Kier alpha value is -1.41. The zero-order chi connectivity index (χ0) is 12.1. The molecular weight excluding hydrogens is 228 g/mol. The van der Waals surface area contributed by atoms with E-state index in [0.717, 1.165) is 18.4 Å². The number of phenolic OH excluding ortho intramolecular Hbond substituents is 1. The highest BCUT2D eigenvalue weighted by molar-refractivity contribution is 7.98. The van der Waals surface area contributed by atoms with Crippen molar-refractivity contribution in [1.82, 2.24) is 0 Å². The third-order valence-electron chi connectivity index (χ3n) is 2.85. The molecule has 0 saturated carbocycles. The maximum atomic E-state index is 9.71. The fourth-order valence-electron chi connectivity index (χ4n) is 1.90. The van der Waals surface area contributed by atoms with Crippen LogP contribution in [-0.2, 0) is 12.8 Å². The summed E-state index contributed by atoms with van der Waals surface area (Å²) in [6.07, 6.45) is 3.94. The molecule has 0 amide bonds. The molecule has 88 valence electrons. The molecule has 2 aromatic carbocycles. The van der Waals surface area contributed by atoms with Crippen LogP contribution >= 0.6 is 11.8 Å². The van der Waals surface area contributed by atoms with Gasteiger partial charge >= 0.3 is 0 Å². The lowest BCUT2D eigenvalue weighted by Crippen LogP contribution is -1.93. The SMILES string of the molecule is CSc1ccccc1CCc1ccccc1O. The van der Waals surface area contributed by atoms with Crippen LogP contribution < -0.4 is 0 Å². The normalized spacial score (nSPS) is 10.4. The van der Waals surface area contributed by atoms with Crippen molar-refractivity contribution >= 4 is 11.8 Å². The van der Waals surface area contributed by atoms with E-state index in [-0.39, 0.29) is 0 Å². The molecule has 0 heterocycles. The summed E-state index contributed by atoms with van der Waals surface area (Å²) in [5, 5.41) is 9.71. The lowest BCUT2D eigenvalue weighted by atomic mass is 10.0. The van der Waals surface area contributed by atoms with Gasteiger partial charge in [-0.05, 0) is 42.4 Å². The lowest BCUT2D eigenvalue weighted by molar-refractivity contribution is 0.468. The Morgan fingerprint density at radius 3 is 2.18 bits per heavy atom. The number of phenols is 1. The van der Waals surface area contributed by atoms with Gasteiger partial charge < -0.3 is 5.11 Å². The van der Waals surface area contributed by atoms with Crippen LogP contribution in [0.25, 0.3) is 0 Å². The van der Waals surface area contributed by atoms with Gasteiger partial charge in [0.2, 0.25) is 0 Å². The Labute approximate surface area is 107 Å². The number of aromatic hydroxyl groups is 1. The second-order valence-corrected chi connectivity index (χ2v) is 4.79. The molecule has 0 aliphatic rings. The zero-order valence-corrected chi connectivity index (χ0v) is 10.7. The summed E-state index contributed by atoms with van der Waals surface area (Å²) in [5.41, 5.74) is 2.37. The van der Waals surface area contributed by atoms with Crippen LogP contribution in [0.1, 0.15) is 11.1 Å². The van der Waals surface area contributed by atoms with Crippen LogP contribution in [0, 0.1) is 0 Å². The van der Waals surface area contributed by atoms with E-state index < -0.39 is 0 Å². The van der Waals surface area contributed by atoms with Gasteiger partial charge in [0.05, 0.1) is 0 Å². The molecule has 0 aliphatic heterocycles. The lowest BCUT2D eigenvalue weighted by Gasteiger charge is -2.08. The van der Waals surface area contributed by atoms with E-state index in [1.165, 1.54) is 10.5 Å². The number of rotatable bonds is 4. The number of benzene rings is 2. The van der Waals surface area contributed by atoms with Crippen molar-refractivity contribution in [3.05, 3.63) is 59.7 Å². The minimum absolute atomic E-state index is 0.397. The van der Waals surface area contributed by atoms with E-state index in [2.05, 4.69) is 30.5 Å². The molecule has 17 heavy (non-hydrogen) atoms. The van der Waals surface area contributed by atoms with Crippen molar-refractivity contribution in [2.24, 2.45) is 0 Å². The van der Waals surface area contributed by atoms with Gasteiger partial charge in [-0.15, -0.1) is 11.8 Å². The Morgan fingerprint density at radius 2 is 1.47 bits per heavy atom. The fraction of sp³-hybridized carbons (Fsp3) is 0.200.